The lowest BCUT2D eigenvalue weighted by atomic mass is 10.1. The molecule has 10 heteroatoms. The second-order valence-electron chi connectivity index (χ2n) is 5.94. The zero-order valence-corrected chi connectivity index (χ0v) is 17.6. The van der Waals surface area contributed by atoms with Crippen molar-refractivity contribution in [1.82, 2.24) is 19.6 Å². The van der Waals surface area contributed by atoms with Gasteiger partial charge in [-0.25, -0.2) is 4.98 Å². The van der Waals surface area contributed by atoms with E-state index >= 15 is 0 Å². The molecule has 0 amide bonds. The maximum Gasteiger partial charge on any atom is 0.323 e. The summed E-state index contributed by atoms with van der Waals surface area (Å²) in [7, 11) is 0. The van der Waals surface area contributed by atoms with Crippen LogP contribution in [0.3, 0.4) is 0 Å². The van der Waals surface area contributed by atoms with Crippen molar-refractivity contribution in [2.24, 2.45) is 0 Å². The molecular weight excluding hydrogens is 416 g/mol. The number of thiazole rings is 2. The summed E-state index contributed by atoms with van der Waals surface area (Å²) in [5, 5.41) is 11.3. The molecular formula is C18H16N4O3S3. The number of rotatable bonds is 7. The molecule has 0 saturated carbocycles. The van der Waals surface area contributed by atoms with Gasteiger partial charge in [-0.05, 0) is 26.0 Å². The van der Waals surface area contributed by atoms with Crippen LogP contribution >= 0.6 is 34.4 Å². The Morgan fingerprint density at radius 3 is 2.86 bits per heavy atom. The first kappa shape index (κ1) is 19.0. The van der Waals surface area contributed by atoms with Gasteiger partial charge in [0.15, 0.2) is 16.9 Å². The normalized spacial score (nSPS) is 12.5. The van der Waals surface area contributed by atoms with Gasteiger partial charge in [-0.2, -0.15) is 0 Å². The van der Waals surface area contributed by atoms with Crippen molar-refractivity contribution in [3.8, 4) is 0 Å². The molecule has 0 spiro atoms. The van der Waals surface area contributed by atoms with E-state index in [1.54, 1.807) is 18.3 Å². The van der Waals surface area contributed by atoms with Crippen LogP contribution in [0.2, 0.25) is 0 Å². The number of Topliss-reactive ketones (excluding diaryl/α,β-unsaturated/α-hetero) is 1. The van der Waals surface area contributed by atoms with Crippen LogP contribution in [0.1, 0.15) is 23.5 Å². The van der Waals surface area contributed by atoms with Gasteiger partial charge in [0.05, 0.1) is 22.6 Å². The van der Waals surface area contributed by atoms with Crippen molar-refractivity contribution >= 4 is 61.4 Å². The first-order valence-corrected chi connectivity index (χ1v) is 11.2. The van der Waals surface area contributed by atoms with Gasteiger partial charge in [-0.1, -0.05) is 35.2 Å². The number of nitrogens with zero attached hydrogens (tertiary/aromatic N) is 4. The number of para-hydroxylation sites is 1. The van der Waals surface area contributed by atoms with Crippen molar-refractivity contribution < 1.29 is 14.3 Å². The molecule has 0 aliphatic carbocycles. The van der Waals surface area contributed by atoms with Gasteiger partial charge in [0.2, 0.25) is 4.96 Å². The van der Waals surface area contributed by atoms with Gasteiger partial charge >= 0.3 is 5.97 Å². The number of carbonyl (C=O) groups is 2. The second kappa shape index (κ2) is 7.98. The van der Waals surface area contributed by atoms with Gasteiger partial charge in [0.25, 0.3) is 0 Å². The van der Waals surface area contributed by atoms with Crippen molar-refractivity contribution in [1.29, 1.82) is 0 Å². The highest BCUT2D eigenvalue weighted by molar-refractivity contribution is 7.99. The highest BCUT2D eigenvalue weighted by atomic mass is 32.2. The van der Waals surface area contributed by atoms with E-state index in [9.17, 15) is 9.59 Å². The molecule has 4 aromatic rings. The molecule has 0 fully saturated rings. The fourth-order valence-electron chi connectivity index (χ4n) is 2.77. The lowest BCUT2D eigenvalue weighted by Gasteiger charge is -2.11. The average molecular weight is 433 g/mol. The Balaban J connectivity index is 1.58. The number of fused-ring (bicyclic) bond motifs is 3. The number of aryl methyl sites for hydroxylation is 1. The third-order valence-electron chi connectivity index (χ3n) is 3.98. The van der Waals surface area contributed by atoms with E-state index in [-0.39, 0.29) is 18.1 Å². The first-order chi connectivity index (χ1) is 13.6. The van der Waals surface area contributed by atoms with Crippen LogP contribution in [-0.4, -0.2) is 43.7 Å². The predicted octanol–water partition coefficient (Wildman–Crippen LogP) is 3.72. The third-order valence-corrected chi connectivity index (χ3v) is 6.97. The molecule has 3 aromatic heterocycles. The Morgan fingerprint density at radius 1 is 1.29 bits per heavy atom. The summed E-state index contributed by atoms with van der Waals surface area (Å²) in [5.74, 6) is -1.75. The summed E-state index contributed by atoms with van der Waals surface area (Å²) in [6.07, 6.45) is 0. The van der Waals surface area contributed by atoms with Crippen molar-refractivity contribution in [2.45, 2.75) is 24.9 Å². The van der Waals surface area contributed by atoms with Crippen LogP contribution in [-0.2, 0) is 14.3 Å². The standard InChI is InChI=1S/C18H16N4O3S3/c1-3-25-16(24)14(15-19-10(2)8-26-15)12(23)9-27-17-20-21-18-22(17)11-6-4-5-7-13(11)28-18/h4-8,14H,3,9H2,1-2H3. The van der Waals surface area contributed by atoms with Crippen molar-refractivity contribution in [3.05, 3.63) is 40.3 Å². The lowest BCUT2D eigenvalue weighted by Crippen LogP contribution is -2.25. The number of esters is 1. The van der Waals surface area contributed by atoms with Crippen LogP contribution in [0, 0.1) is 6.92 Å². The largest absolute Gasteiger partial charge is 0.465 e. The maximum absolute atomic E-state index is 12.9. The summed E-state index contributed by atoms with van der Waals surface area (Å²) in [6.45, 7) is 3.76. The van der Waals surface area contributed by atoms with E-state index in [4.69, 9.17) is 4.74 Å². The number of hydrogen-bond donors (Lipinski definition) is 0. The van der Waals surface area contributed by atoms with E-state index in [1.807, 2.05) is 41.0 Å². The van der Waals surface area contributed by atoms with E-state index in [0.717, 1.165) is 20.9 Å². The molecule has 1 unspecified atom stereocenters. The molecule has 28 heavy (non-hydrogen) atoms. The molecule has 0 aliphatic heterocycles. The second-order valence-corrected chi connectivity index (χ2v) is 8.78. The number of aromatic nitrogens is 4. The fraction of sp³-hybridized carbons (Fsp3) is 0.278. The van der Waals surface area contributed by atoms with Crippen LogP contribution < -0.4 is 0 Å². The molecule has 0 aliphatic rings. The molecule has 0 saturated heterocycles. The molecule has 1 aromatic carbocycles. The number of ether oxygens (including phenoxy) is 1. The quantitative estimate of drug-likeness (QED) is 0.250. The average Bonchev–Trinajstić information content (AvgIpc) is 3.36. The topological polar surface area (TPSA) is 86.5 Å². The van der Waals surface area contributed by atoms with E-state index in [0.29, 0.717) is 10.2 Å². The molecule has 144 valence electrons. The summed E-state index contributed by atoms with van der Waals surface area (Å²) in [6, 6.07) is 7.95. The highest BCUT2D eigenvalue weighted by Gasteiger charge is 2.32. The zero-order valence-electron chi connectivity index (χ0n) is 15.1. The first-order valence-electron chi connectivity index (χ1n) is 8.55. The Labute approximate surface area is 172 Å². The van der Waals surface area contributed by atoms with Crippen LogP contribution in [0.25, 0.3) is 15.2 Å². The van der Waals surface area contributed by atoms with Gasteiger partial charge in [-0.3, -0.25) is 14.0 Å². The number of ketones is 1. The minimum Gasteiger partial charge on any atom is -0.465 e. The third kappa shape index (κ3) is 3.54. The lowest BCUT2D eigenvalue weighted by molar-refractivity contribution is -0.147. The van der Waals surface area contributed by atoms with Crippen LogP contribution in [0.4, 0.5) is 0 Å². The summed E-state index contributed by atoms with van der Waals surface area (Å²) < 4.78 is 8.14. The number of carbonyl (C=O) groups excluding carboxylic acids is 2. The Kier molecular flexibility index (Phi) is 5.42. The Hall–Kier alpha value is -2.30. The van der Waals surface area contributed by atoms with E-state index in [2.05, 4.69) is 15.2 Å². The maximum atomic E-state index is 12.9. The summed E-state index contributed by atoms with van der Waals surface area (Å²) >= 11 is 4.10. The SMILES string of the molecule is CCOC(=O)C(C(=O)CSc1nnc2sc3ccccc3n12)c1nc(C)cs1. The van der Waals surface area contributed by atoms with Gasteiger partial charge in [0, 0.05) is 11.1 Å². The minimum atomic E-state index is -1.01. The molecule has 1 atom stereocenters. The monoisotopic (exact) mass is 432 g/mol. The predicted molar refractivity (Wildman–Crippen MR) is 110 cm³/mol. The molecule has 0 N–H and O–H groups in total. The van der Waals surface area contributed by atoms with E-state index in [1.165, 1.54) is 23.1 Å². The van der Waals surface area contributed by atoms with E-state index < -0.39 is 11.9 Å². The molecule has 0 bridgehead atoms. The Bertz CT molecular complexity index is 1160. The zero-order chi connectivity index (χ0) is 19.7. The van der Waals surface area contributed by atoms with Gasteiger partial charge < -0.3 is 4.74 Å². The summed E-state index contributed by atoms with van der Waals surface area (Å²) in [5.41, 5.74) is 1.78. The summed E-state index contributed by atoms with van der Waals surface area (Å²) in [4.78, 5) is 30.4. The fourth-order valence-corrected chi connectivity index (χ4v) is 5.55. The molecule has 0 radical (unpaired) electrons. The molecule has 3 heterocycles. The van der Waals surface area contributed by atoms with Crippen molar-refractivity contribution in [3.63, 3.8) is 0 Å². The highest BCUT2D eigenvalue weighted by Crippen LogP contribution is 2.31. The molecule has 4 rings (SSSR count). The van der Waals surface area contributed by atoms with Crippen LogP contribution in [0.15, 0.2) is 34.8 Å². The van der Waals surface area contributed by atoms with Crippen molar-refractivity contribution in [2.75, 3.05) is 12.4 Å². The van der Waals surface area contributed by atoms with Crippen LogP contribution in [0.5, 0.6) is 0 Å². The smallest absolute Gasteiger partial charge is 0.323 e. The number of hydrogen-bond acceptors (Lipinski definition) is 9. The number of thioether (sulfide) groups is 1. The van der Waals surface area contributed by atoms with Gasteiger partial charge in [-0.15, -0.1) is 21.5 Å². The minimum absolute atomic E-state index is 0.0765. The molecule has 7 nitrogen and oxygen atoms in total. The number of benzene rings is 1. The Morgan fingerprint density at radius 2 is 2.11 bits per heavy atom. The van der Waals surface area contributed by atoms with Gasteiger partial charge in [0.1, 0.15) is 5.01 Å².